The molecule has 0 bridgehead atoms. The predicted octanol–water partition coefficient (Wildman–Crippen LogP) is 0.113. The first-order chi connectivity index (χ1) is 4.70. The van der Waals surface area contributed by atoms with E-state index in [4.69, 9.17) is 5.11 Å². The summed E-state index contributed by atoms with van der Waals surface area (Å²) in [6, 6.07) is -0.237. The number of hydrogen-bond donors (Lipinski definition) is 2. The zero-order valence-corrected chi connectivity index (χ0v) is 6.26. The number of ether oxygens (including phenoxy) is 1. The summed E-state index contributed by atoms with van der Waals surface area (Å²) in [7, 11) is 0. The Bertz CT molecular complexity index is 105. The van der Waals surface area contributed by atoms with Crippen LogP contribution in [0.5, 0.6) is 0 Å². The minimum Gasteiger partial charge on any atom is -0.450 e. The highest BCUT2D eigenvalue weighted by atomic mass is 16.5. The van der Waals surface area contributed by atoms with Crippen molar-refractivity contribution in [2.45, 2.75) is 19.9 Å². The van der Waals surface area contributed by atoms with Crippen LogP contribution in [0, 0.1) is 0 Å². The monoisotopic (exact) mass is 147 g/mol. The largest absolute Gasteiger partial charge is 0.450 e. The third-order valence-electron chi connectivity index (χ3n) is 0.914. The second-order valence-corrected chi connectivity index (χ2v) is 1.95. The predicted molar refractivity (Wildman–Crippen MR) is 36.7 cm³/mol. The normalized spacial score (nSPS) is 12.3. The fourth-order valence-corrected chi connectivity index (χ4v) is 0.420. The molecule has 0 aliphatic heterocycles. The molecule has 10 heavy (non-hydrogen) atoms. The lowest BCUT2D eigenvalue weighted by atomic mass is 10.4. The first-order valence-electron chi connectivity index (χ1n) is 3.24. The highest BCUT2D eigenvalue weighted by Gasteiger charge is 2.04. The van der Waals surface area contributed by atoms with E-state index in [1.807, 2.05) is 0 Å². The SMILES string of the molecule is CCOC(=O)NC(C)CO. The van der Waals surface area contributed by atoms with Crippen LogP contribution in [0.15, 0.2) is 0 Å². The molecule has 0 aromatic rings. The van der Waals surface area contributed by atoms with E-state index in [-0.39, 0.29) is 12.6 Å². The van der Waals surface area contributed by atoms with Crippen LogP contribution in [0.25, 0.3) is 0 Å². The third-order valence-corrected chi connectivity index (χ3v) is 0.914. The zero-order valence-electron chi connectivity index (χ0n) is 6.26. The van der Waals surface area contributed by atoms with Gasteiger partial charge in [0.1, 0.15) is 0 Å². The van der Waals surface area contributed by atoms with Crippen molar-refractivity contribution in [2.24, 2.45) is 0 Å². The molecule has 2 N–H and O–H groups in total. The van der Waals surface area contributed by atoms with Crippen molar-refractivity contribution in [1.82, 2.24) is 5.32 Å². The molecular weight excluding hydrogens is 134 g/mol. The lowest BCUT2D eigenvalue weighted by Gasteiger charge is -2.09. The van der Waals surface area contributed by atoms with Gasteiger partial charge in [0.05, 0.1) is 19.3 Å². The van der Waals surface area contributed by atoms with Crippen molar-refractivity contribution >= 4 is 6.09 Å². The maximum atomic E-state index is 10.6. The van der Waals surface area contributed by atoms with Crippen molar-refractivity contribution in [3.05, 3.63) is 0 Å². The molecule has 4 nitrogen and oxygen atoms in total. The first-order valence-corrected chi connectivity index (χ1v) is 3.24. The van der Waals surface area contributed by atoms with E-state index >= 15 is 0 Å². The Labute approximate surface area is 60.2 Å². The fourth-order valence-electron chi connectivity index (χ4n) is 0.420. The van der Waals surface area contributed by atoms with Gasteiger partial charge in [-0.05, 0) is 13.8 Å². The van der Waals surface area contributed by atoms with Crippen LogP contribution in [0.1, 0.15) is 13.8 Å². The van der Waals surface area contributed by atoms with Gasteiger partial charge in [0.15, 0.2) is 0 Å². The van der Waals surface area contributed by atoms with Crippen LogP contribution in [0.4, 0.5) is 4.79 Å². The lowest BCUT2D eigenvalue weighted by molar-refractivity contribution is 0.142. The van der Waals surface area contributed by atoms with Gasteiger partial charge in [-0.2, -0.15) is 0 Å². The Hall–Kier alpha value is -0.770. The molecule has 60 valence electrons. The Morgan fingerprint density at radius 1 is 1.80 bits per heavy atom. The molecule has 0 aliphatic rings. The van der Waals surface area contributed by atoms with E-state index in [1.54, 1.807) is 13.8 Å². The summed E-state index contributed by atoms with van der Waals surface area (Å²) >= 11 is 0. The number of aliphatic hydroxyl groups is 1. The fraction of sp³-hybridized carbons (Fsp3) is 0.833. The maximum Gasteiger partial charge on any atom is 0.407 e. The molecule has 0 spiro atoms. The Morgan fingerprint density at radius 2 is 2.40 bits per heavy atom. The van der Waals surface area contributed by atoms with Gasteiger partial charge in [0.25, 0.3) is 0 Å². The van der Waals surface area contributed by atoms with Crippen LogP contribution in [-0.4, -0.2) is 30.5 Å². The van der Waals surface area contributed by atoms with Gasteiger partial charge in [-0.25, -0.2) is 4.79 Å². The van der Waals surface area contributed by atoms with E-state index in [0.29, 0.717) is 6.61 Å². The van der Waals surface area contributed by atoms with Crippen LogP contribution >= 0.6 is 0 Å². The number of rotatable bonds is 3. The number of hydrogen-bond acceptors (Lipinski definition) is 3. The van der Waals surface area contributed by atoms with E-state index in [0.717, 1.165) is 0 Å². The van der Waals surface area contributed by atoms with Crippen molar-refractivity contribution < 1.29 is 14.6 Å². The van der Waals surface area contributed by atoms with Crippen molar-refractivity contribution in [1.29, 1.82) is 0 Å². The zero-order chi connectivity index (χ0) is 7.98. The molecule has 1 atom stereocenters. The van der Waals surface area contributed by atoms with Gasteiger partial charge < -0.3 is 15.2 Å². The molecule has 0 heterocycles. The second-order valence-electron chi connectivity index (χ2n) is 1.95. The average molecular weight is 147 g/mol. The summed E-state index contributed by atoms with van der Waals surface area (Å²) in [5.41, 5.74) is 0. The van der Waals surface area contributed by atoms with Crippen molar-refractivity contribution in [2.75, 3.05) is 13.2 Å². The van der Waals surface area contributed by atoms with Crippen LogP contribution in [0.2, 0.25) is 0 Å². The number of nitrogens with one attached hydrogen (secondary N) is 1. The van der Waals surface area contributed by atoms with Gasteiger partial charge in [-0.3, -0.25) is 0 Å². The van der Waals surface area contributed by atoms with E-state index in [1.165, 1.54) is 0 Å². The molecule has 1 amide bonds. The van der Waals surface area contributed by atoms with Crippen LogP contribution in [-0.2, 0) is 4.74 Å². The van der Waals surface area contributed by atoms with Gasteiger partial charge in [-0.1, -0.05) is 0 Å². The van der Waals surface area contributed by atoms with Gasteiger partial charge >= 0.3 is 6.09 Å². The van der Waals surface area contributed by atoms with Gasteiger partial charge in [0.2, 0.25) is 0 Å². The minimum atomic E-state index is -0.482. The molecule has 0 radical (unpaired) electrons. The third kappa shape index (κ3) is 4.14. The summed E-state index contributed by atoms with van der Waals surface area (Å²) in [6.45, 7) is 3.70. The summed E-state index contributed by atoms with van der Waals surface area (Å²) in [6.07, 6.45) is -0.482. The summed E-state index contributed by atoms with van der Waals surface area (Å²) in [5, 5.41) is 10.9. The molecular formula is C6H13NO3. The highest BCUT2D eigenvalue weighted by Crippen LogP contribution is 1.81. The Morgan fingerprint density at radius 3 is 2.80 bits per heavy atom. The highest BCUT2D eigenvalue weighted by molar-refractivity contribution is 5.67. The number of amides is 1. The molecule has 1 unspecified atom stereocenters. The lowest BCUT2D eigenvalue weighted by Crippen LogP contribution is -2.35. The number of carbonyl (C=O) groups excluding carboxylic acids is 1. The molecule has 0 rings (SSSR count). The Balaban J connectivity index is 3.37. The summed E-state index contributed by atoms with van der Waals surface area (Å²) < 4.78 is 4.55. The average Bonchev–Trinajstić information content (AvgIpc) is 1.88. The van der Waals surface area contributed by atoms with E-state index < -0.39 is 6.09 Å². The molecule has 4 heteroatoms. The topological polar surface area (TPSA) is 58.6 Å². The summed E-state index contributed by atoms with van der Waals surface area (Å²) in [5.74, 6) is 0. The standard InChI is InChI=1S/C6H13NO3/c1-3-10-6(9)7-5(2)4-8/h5,8H,3-4H2,1-2H3,(H,7,9). The van der Waals surface area contributed by atoms with Crippen LogP contribution in [0.3, 0.4) is 0 Å². The maximum absolute atomic E-state index is 10.6. The van der Waals surface area contributed by atoms with Gasteiger partial charge in [-0.15, -0.1) is 0 Å². The second kappa shape index (κ2) is 5.05. The Kier molecular flexibility index (Phi) is 4.66. The van der Waals surface area contributed by atoms with Crippen molar-refractivity contribution in [3.63, 3.8) is 0 Å². The first kappa shape index (κ1) is 9.23. The van der Waals surface area contributed by atoms with E-state index in [9.17, 15) is 4.79 Å². The minimum absolute atomic E-state index is 0.0706. The van der Waals surface area contributed by atoms with Crippen LogP contribution < -0.4 is 5.32 Å². The van der Waals surface area contributed by atoms with Crippen molar-refractivity contribution in [3.8, 4) is 0 Å². The van der Waals surface area contributed by atoms with E-state index in [2.05, 4.69) is 10.1 Å². The molecule has 0 saturated carbocycles. The molecule has 0 aromatic carbocycles. The van der Waals surface area contributed by atoms with Gasteiger partial charge in [0, 0.05) is 0 Å². The quantitative estimate of drug-likeness (QED) is 0.595. The molecule has 0 fully saturated rings. The number of carbonyl (C=O) groups is 1. The number of alkyl carbamates (subject to hydrolysis) is 1. The summed E-state index contributed by atoms with van der Waals surface area (Å²) in [4.78, 5) is 10.6. The number of aliphatic hydroxyl groups excluding tert-OH is 1. The molecule has 0 aliphatic carbocycles. The molecule has 0 aromatic heterocycles. The molecule has 0 saturated heterocycles. The smallest absolute Gasteiger partial charge is 0.407 e.